The van der Waals surface area contributed by atoms with Crippen LogP contribution in [0.3, 0.4) is 0 Å². The van der Waals surface area contributed by atoms with Gasteiger partial charge in [0, 0.05) is 6.54 Å². The fourth-order valence-corrected chi connectivity index (χ4v) is 3.25. The number of nitriles is 1. The Balaban J connectivity index is 1.94. The average Bonchev–Trinajstić information content (AvgIpc) is 2.86. The average molecular weight is 303 g/mol. The summed E-state index contributed by atoms with van der Waals surface area (Å²) < 4.78 is 2.21. The molecule has 0 atom stereocenters. The summed E-state index contributed by atoms with van der Waals surface area (Å²) >= 11 is 6.06. The van der Waals surface area contributed by atoms with Gasteiger partial charge in [-0.05, 0) is 57.1 Å². The second-order valence-electron chi connectivity index (χ2n) is 5.83. The number of hydrogen-bond acceptors (Lipinski definition) is 3. The van der Waals surface area contributed by atoms with E-state index in [0.29, 0.717) is 17.4 Å². The van der Waals surface area contributed by atoms with Gasteiger partial charge in [-0.25, -0.2) is 4.98 Å². The molecule has 21 heavy (non-hydrogen) atoms. The number of nitrogens with zero attached hydrogens (tertiary/aromatic N) is 4. The molecule has 1 aliphatic rings. The molecular weight excluding hydrogens is 284 g/mol. The van der Waals surface area contributed by atoms with Crippen LogP contribution in [0.25, 0.3) is 11.0 Å². The Hall–Kier alpha value is -1.57. The summed E-state index contributed by atoms with van der Waals surface area (Å²) in [6, 6.07) is 7.85. The van der Waals surface area contributed by atoms with Gasteiger partial charge in [-0.2, -0.15) is 5.26 Å². The lowest BCUT2D eigenvalue weighted by atomic mass is 9.97. The van der Waals surface area contributed by atoms with Gasteiger partial charge >= 0.3 is 0 Å². The van der Waals surface area contributed by atoms with Crippen molar-refractivity contribution >= 4 is 22.6 Å². The maximum atomic E-state index is 9.09. The first-order valence-electron chi connectivity index (χ1n) is 7.35. The van der Waals surface area contributed by atoms with Crippen molar-refractivity contribution in [2.24, 2.45) is 5.92 Å². The molecule has 1 aromatic carbocycles. The fourth-order valence-electron chi connectivity index (χ4n) is 3.05. The summed E-state index contributed by atoms with van der Waals surface area (Å²) in [4.78, 5) is 6.97. The van der Waals surface area contributed by atoms with Crippen LogP contribution in [-0.4, -0.2) is 34.6 Å². The molecule has 0 N–H and O–H groups in total. The quantitative estimate of drug-likeness (QED) is 0.819. The molecule has 0 saturated carbocycles. The van der Waals surface area contributed by atoms with E-state index in [4.69, 9.17) is 16.9 Å². The molecule has 3 rings (SSSR count). The summed E-state index contributed by atoms with van der Waals surface area (Å²) in [6.45, 7) is 3.25. The Labute approximate surface area is 129 Å². The molecule has 0 radical (unpaired) electrons. The monoisotopic (exact) mass is 302 g/mol. The number of halogens is 1. The summed E-state index contributed by atoms with van der Waals surface area (Å²) in [5, 5.41) is 9.09. The fraction of sp³-hybridized carbons (Fsp3) is 0.500. The highest BCUT2D eigenvalue weighted by molar-refractivity contribution is 6.16. The van der Waals surface area contributed by atoms with Crippen LogP contribution >= 0.6 is 11.6 Å². The normalized spacial score (nSPS) is 17.2. The zero-order chi connectivity index (χ0) is 14.8. The second kappa shape index (κ2) is 6.05. The van der Waals surface area contributed by atoms with Gasteiger partial charge in [0.2, 0.25) is 0 Å². The number of aromatic nitrogens is 2. The van der Waals surface area contributed by atoms with Crippen LogP contribution in [0.2, 0.25) is 0 Å². The van der Waals surface area contributed by atoms with E-state index >= 15 is 0 Å². The molecule has 0 aliphatic carbocycles. The maximum absolute atomic E-state index is 9.09. The van der Waals surface area contributed by atoms with Crippen molar-refractivity contribution in [3.05, 3.63) is 29.6 Å². The number of piperidine rings is 1. The molecule has 1 saturated heterocycles. The van der Waals surface area contributed by atoms with Crippen molar-refractivity contribution < 1.29 is 0 Å². The summed E-state index contributed by atoms with van der Waals surface area (Å²) in [6.07, 6.45) is 2.41. The molecule has 1 fully saturated rings. The first-order chi connectivity index (χ1) is 10.2. The Morgan fingerprint density at radius 2 is 2.14 bits per heavy atom. The Morgan fingerprint density at radius 3 is 2.81 bits per heavy atom. The number of alkyl halides is 1. The van der Waals surface area contributed by atoms with Crippen molar-refractivity contribution in [2.45, 2.75) is 25.3 Å². The van der Waals surface area contributed by atoms with E-state index in [0.717, 1.165) is 36.5 Å². The molecule has 1 aliphatic heterocycles. The third-order valence-electron chi connectivity index (χ3n) is 4.35. The number of rotatable bonds is 3. The van der Waals surface area contributed by atoms with E-state index in [-0.39, 0.29) is 0 Å². The van der Waals surface area contributed by atoms with Crippen LogP contribution in [0, 0.1) is 17.2 Å². The Morgan fingerprint density at radius 1 is 1.38 bits per heavy atom. The highest BCUT2D eigenvalue weighted by Gasteiger charge is 2.20. The maximum Gasteiger partial charge on any atom is 0.124 e. The van der Waals surface area contributed by atoms with Crippen LogP contribution in [-0.2, 0) is 12.4 Å². The summed E-state index contributed by atoms with van der Waals surface area (Å²) in [7, 11) is 2.17. The lowest BCUT2D eigenvalue weighted by Gasteiger charge is -2.29. The van der Waals surface area contributed by atoms with Crippen LogP contribution in [0.1, 0.15) is 24.2 Å². The SMILES string of the molecule is CN1CCC(Cn2c(CCl)nc3ccc(C#N)cc32)CC1. The highest BCUT2D eigenvalue weighted by atomic mass is 35.5. The molecule has 4 nitrogen and oxygen atoms in total. The van der Waals surface area contributed by atoms with Crippen molar-refractivity contribution in [3.63, 3.8) is 0 Å². The minimum atomic E-state index is 0.406. The molecule has 2 aromatic rings. The molecular formula is C16H19ClN4. The van der Waals surface area contributed by atoms with Crippen LogP contribution in [0.4, 0.5) is 0 Å². The van der Waals surface area contributed by atoms with Gasteiger partial charge in [0.1, 0.15) is 5.82 Å². The number of benzene rings is 1. The first kappa shape index (κ1) is 14.4. The van der Waals surface area contributed by atoms with Gasteiger partial charge in [-0.3, -0.25) is 0 Å². The van der Waals surface area contributed by atoms with Crippen molar-refractivity contribution in [2.75, 3.05) is 20.1 Å². The Bertz CT molecular complexity index is 677. The zero-order valence-corrected chi connectivity index (χ0v) is 13.0. The lowest BCUT2D eigenvalue weighted by molar-refractivity contribution is 0.205. The van der Waals surface area contributed by atoms with Crippen LogP contribution < -0.4 is 0 Å². The molecule has 2 heterocycles. The molecule has 0 spiro atoms. The largest absolute Gasteiger partial charge is 0.327 e. The minimum absolute atomic E-state index is 0.406. The predicted molar refractivity (Wildman–Crippen MR) is 84.2 cm³/mol. The molecule has 0 unspecified atom stereocenters. The minimum Gasteiger partial charge on any atom is -0.327 e. The van der Waals surface area contributed by atoms with Gasteiger partial charge in [-0.1, -0.05) is 0 Å². The van der Waals surface area contributed by atoms with Crippen LogP contribution in [0.5, 0.6) is 0 Å². The van der Waals surface area contributed by atoms with Gasteiger partial charge in [0.25, 0.3) is 0 Å². The van der Waals surface area contributed by atoms with E-state index in [9.17, 15) is 0 Å². The standard InChI is InChI=1S/C16H19ClN4/c1-20-6-4-12(5-7-20)11-21-15-8-13(10-18)2-3-14(15)19-16(21)9-17/h2-3,8,12H,4-7,9,11H2,1H3. The molecule has 110 valence electrons. The first-order valence-corrected chi connectivity index (χ1v) is 7.88. The van der Waals surface area contributed by atoms with Crippen molar-refractivity contribution in [3.8, 4) is 6.07 Å². The second-order valence-corrected chi connectivity index (χ2v) is 6.10. The van der Waals surface area contributed by atoms with Crippen molar-refractivity contribution in [1.29, 1.82) is 5.26 Å². The number of imidazole rings is 1. The van der Waals surface area contributed by atoms with E-state index in [2.05, 4.69) is 27.6 Å². The Kier molecular flexibility index (Phi) is 4.14. The number of fused-ring (bicyclic) bond motifs is 1. The van der Waals surface area contributed by atoms with E-state index < -0.39 is 0 Å². The lowest BCUT2D eigenvalue weighted by Crippen LogP contribution is -2.32. The zero-order valence-electron chi connectivity index (χ0n) is 12.2. The third-order valence-corrected chi connectivity index (χ3v) is 4.59. The third kappa shape index (κ3) is 2.90. The van der Waals surface area contributed by atoms with Crippen molar-refractivity contribution in [1.82, 2.24) is 14.5 Å². The molecule has 5 heteroatoms. The number of likely N-dealkylation sites (tertiary alicyclic amines) is 1. The molecule has 0 amide bonds. The molecule has 1 aromatic heterocycles. The highest BCUT2D eigenvalue weighted by Crippen LogP contribution is 2.24. The van der Waals surface area contributed by atoms with Crippen LogP contribution in [0.15, 0.2) is 18.2 Å². The van der Waals surface area contributed by atoms with Gasteiger partial charge in [0.15, 0.2) is 0 Å². The van der Waals surface area contributed by atoms with Gasteiger partial charge in [-0.15, -0.1) is 11.6 Å². The van der Waals surface area contributed by atoms with E-state index in [1.165, 1.54) is 12.8 Å². The topological polar surface area (TPSA) is 44.9 Å². The van der Waals surface area contributed by atoms with Gasteiger partial charge < -0.3 is 9.47 Å². The van der Waals surface area contributed by atoms with E-state index in [1.807, 2.05) is 18.2 Å². The van der Waals surface area contributed by atoms with Gasteiger partial charge in [0.05, 0.1) is 28.5 Å². The summed E-state index contributed by atoms with van der Waals surface area (Å²) in [5.41, 5.74) is 2.63. The number of hydrogen-bond donors (Lipinski definition) is 0. The van der Waals surface area contributed by atoms with E-state index in [1.54, 1.807) is 0 Å². The summed E-state index contributed by atoms with van der Waals surface area (Å²) in [5.74, 6) is 1.97. The molecule has 0 bridgehead atoms. The predicted octanol–water partition coefficient (Wildman–Crippen LogP) is 2.99. The smallest absolute Gasteiger partial charge is 0.124 e.